The highest BCUT2D eigenvalue weighted by Gasteiger charge is 2.16. The molecule has 1 aliphatic rings. The minimum atomic E-state index is -0.291. The number of ether oxygens (including phenoxy) is 3. The van der Waals surface area contributed by atoms with Crippen molar-refractivity contribution in [3.8, 4) is 11.5 Å². The van der Waals surface area contributed by atoms with E-state index in [-0.39, 0.29) is 12.0 Å². The number of halogens is 1. The van der Waals surface area contributed by atoms with Gasteiger partial charge in [-0.2, -0.15) is 0 Å². The van der Waals surface area contributed by atoms with Crippen LogP contribution in [0.3, 0.4) is 0 Å². The molecule has 154 valence electrons. The fraction of sp³-hybridized carbons (Fsp3) is 0.333. The van der Waals surface area contributed by atoms with E-state index in [1.54, 1.807) is 50.6 Å². The summed E-state index contributed by atoms with van der Waals surface area (Å²) in [4.78, 5) is 17.2. The molecule has 0 radical (unpaired) electrons. The molecular weight excluding hydrogens is 394 g/mol. The number of guanidine groups is 1. The summed E-state index contributed by atoms with van der Waals surface area (Å²) in [6.45, 7) is 1.20. The average Bonchev–Trinajstić information content (AvgIpc) is 3.26. The fourth-order valence-electron chi connectivity index (χ4n) is 2.92. The third-order valence-electron chi connectivity index (χ3n) is 4.46. The number of benzene rings is 2. The van der Waals surface area contributed by atoms with Crippen LogP contribution in [0.1, 0.15) is 23.2 Å². The zero-order valence-corrected chi connectivity index (χ0v) is 17.2. The van der Waals surface area contributed by atoms with Crippen LogP contribution in [0.4, 0.5) is 5.69 Å². The Labute approximate surface area is 175 Å². The molecule has 1 fully saturated rings. The molecule has 3 rings (SSSR count). The molecule has 0 aliphatic carbocycles. The number of hydrogen-bond acceptors (Lipinski definition) is 5. The quantitative estimate of drug-likeness (QED) is 0.552. The van der Waals surface area contributed by atoms with E-state index in [2.05, 4.69) is 15.6 Å². The highest BCUT2D eigenvalue weighted by molar-refractivity contribution is 6.30. The Morgan fingerprint density at radius 1 is 1.17 bits per heavy atom. The molecule has 0 bridgehead atoms. The third kappa shape index (κ3) is 5.85. The number of methoxy groups -OCH3 is 2. The highest BCUT2D eigenvalue weighted by atomic mass is 35.5. The van der Waals surface area contributed by atoms with Crippen molar-refractivity contribution in [1.82, 2.24) is 5.32 Å². The molecule has 1 aliphatic heterocycles. The molecule has 8 heteroatoms. The number of aliphatic imine (C=N–C) groups is 1. The minimum Gasteiger partial charge on any atom is -0.493 e. The number of anilines is 1. The monoisotopic (exact) mass is 417 g/mol. The Morgan fingerprint density at radius 2 is 1.93 bits per heavy atom. The van der Waals surface area contributed by atoms with E-state index < -0.39 is 0 Å². The number of rotatable bonds is 6. The minimum absolute atomic E-state index is 0.0598. The summed E-state index contributed by atoms with van der Waals surface area (Å²) in [6, 6.07) is 12.0. The first-order chi connectivity index (χ1) is 14.1. The van der Waals surface area contributed by atoms with Gasteiger partial charge < -0.3 is 19.5 Å². The molecule has 0 aromatic heterocycles. The Morgan fingerprint density at radius 3 is 2.59 bits per heavy atom. The third-order valence-corrected chi connectivity index (χ3v) is 4.71. The van der Waals surface area contributed by atoms with Gasteiger partial charge in [0.1, 0.15) is 0 Å². The number of amides is 1. The van der Waals surface area contributed by atoms with Gasteiger partial charge in [0, 0.05) is 28.9 Å². The van der Waals surface area contributed by atoms with Gasteiger partial charge >= 0.3 is 0 Å². The van der Waals surface area contributed by atoms with Gasteiger partial charge in [-0.15, -0.1) is 0 Å². The lowest BCUT2D eigenvalue weighted by molar-refractivity contribution is 0.0975. The van der Waals surface area contributed by atoms with Gasteiger partial charge in [0.15, 0.2) is 11.5 Å². The first kappa shape index (κ1) is 21.0. The summed E-state index contributed by atoms with van der Waals surface area (Å²) in [5, 5.41) is 6.53. The molecular formula is C21H24ClN3O4. The first-order valence-electron chi connectivity index (χ1n) is 9.31. The van der Waals surface area contributed by atoms with Crippen molar-refractivity contribution in [3.05, 3.63) is 53.1 Å². The zero-order valence-electron chi connectivity index (χ0n) is 16.4. The topological polar surface area (TPSA) is 81.2 Å². The van der Waals surface area contributed by atoms with Crippen LogP contribution >= 0.6 is 11.6 Å². The second-order valence-corrected chi connectivity index (χ2v) is 6.92. The molecule has 1 saturated heterocycles. The van der Waals surface area contributed by atoms with E-state index >= 15 is 0 Å². The molecule has 1 atom stereocenters. The summed E-state index contributed by atoms with van der Waals surface area (Å²) < 4.78 is 16.2. The second-order valence-electron chi connectivity index (χ2n) is 6.48. The maximum absolute atomic E-state index is 12.6. The number of carbonyl (C=O) groups excluding carboxylic acids is 1. The van der Waals surface area contributed by atoms with E-state index in [0.717, 1.165) is 19.4 Å². The molecule has 0 saturated carbocycles. The van der Waals surface area contributed by atoms with Gasteiger partial charge in [0.25, 0.3) is 5.91 Å². The van der Waals surface area contributed by atoms with Crippen LogP contribution in [0.2, 0.25) is 5.02 Å². The Kier molecular flexibility index (Phi) is 7.32. The summed E-state index contributed by atoms with van der Waals surface area (Å²) in [5.74, 6) is 1.22. The van der Waals surface area contributed by atoms with Gasteiger partial charge in [-0.25, -0.2) is 4.99 Å². The van der Waals surface area contributed by atoms with E-state index in [9.17, 15) is 4.79 Å². The summed E-state index contributed by atoms with van der Waals surface area (Å²) in [5.41, 5.74) is 1.18. The van der Waals surface area contributed by atoms with Crippen molar-refractivity contribution in [3.63, 3.8) is 0 Å². The van der Waals surface area contributed by atoms with E-state index in [4.69, 9.17) is 25.8 Å². The van der Waals surface area contributed by atoms with Crippen LogP contribution in [0.5, 0.6) is 11.5 Å². The average molecular weight is 418 g/mol. The smallest absolute Gasteiger partial charge is 0.257 e. The predicted molar refractivity (Wildman–Crippen MR) is 113 cm³/mol. The predicted octanol–water partition coefficient (Wildman–Crippen LogP) is 3.73. The van der Waals surface area contributed by atoms with Gasteiger partial charge in [-0.3, -0.25) is 10.1 Å². The van der Waals surface area contributed by atoms with Crippen molar-refractivity contribution < 1.29 is 19.0 Å². The molecule has 0 unspecified atom stereocenters. The molecule has 29 heavy (non-hydrogen) atoms. The van der Waals surface area contributed by atoms with Crippen LogP contribution < -0.4 is 20.1 Å². The summed E-state index contributed by atoms with van der Waals surface area (Å²) in [7, 11) is 3.14. The first-order valence-corrected chi connectivity index (χ1v) is 9.69. The van der Waals surface area contributed by atoms with Gasteiger partial charge in [-0.1, -0.05) is 11.6 Å². The SMILES string of the molecule is COc1ccc(NC(=NC[C@@H]2CCCO2)NC(=O)c2ccc(Cl)cc2)cc1OC. The number of carbonyl (C=O) groups is 1. The fourth-order valence-corrected chi connectivity index (χ4v) is 3.05. The van der Waals surface area contributed by atoms with Gasteiger partial charge in [0.2, 0.25) is 5.96 Å². The number of hydrogen-bond donors (Lipinski definition) is 2. The second kappa shape index (κ2) is 10.1. The summed E-state index contributed by atoms with van der Waals surface area (Å²) in [6.07, 6.45) is 2.04. The van der Waals surface area contributed by atoms with E-state index in [1.807, 2.05) is 6.07 Å². The Hall–Kier alpha value is -2.77. The van der Waals surface area contributed by atoms with Crippen molar-refractivity contribution in [2.24, 2.45) is 4.99 Å². The van der Waals surface area contributed by atoms with Crippen molar-refractivity contribution in [2.75, 3.05) is 32.7 Å². The maximum atomic E-state index is 12.6. The lowest BCUT2D eigenvalue weighted by Crippen LogP contribution is -2.36. The van der Waals surface area contributed by atoms with Gasteiger partial charge in [0.05, 0.1) is 26.9 Å². The van der Waals surface area contributed by atoms with Crippen LogP contribution in [0.15, 0.2) is 47.5 Å². The van der Waals surface area contributed by atoms with Crippen molar-refractivity contribution >= 4 is 29.2 Å². The van der Waals surface area contributed by atoms with Crippen LogP contribution in [0.25, 0.3) is 0 Å². The molecule has 1 heterocycles. The van der Waals surface area contributed by atoms with Crippen molar-refractivity contribution in [1.29, 1.82) is 0 Å². The maximum Gasteiger partial charge on any atom is 0.257 e. The van der Waals surface area contributed by atoms with Crippen LogP contribution in [-0.2, 0) is 4.74 Å². The zero-order chi connectivity index (χ0) is 20.6. The molecule has 2 N–H and O–H groups in total. The van der Waals surface area contributed by atoms with E-state index in [0.29, 0.717) is 40.3 Å². The molecule has 2 aromatic rings. The molecule has 7 nitrogen and oxygen atoms in total. The number of nitrogens with one attached hydrogen (secondary N) is 2. The molecule has 1 amide bonds. The van der Waals surface area contributed by atoms with Crippen LogP contribution in [-0.4, -0.2) is 45.3 Å². The standard InChI is InChI=1S/C21H24ClN3O4/c1-27-18-10-9-16(12-19(18)28-2)24-21(23-13-17-4-3-11-29-17)25-20(26)14-5-7-15(22)8-6-14/h5-10,12,17H,3-4,11,13H2,1-2H3,(H2,23,24,25,26)/t17-/m0/s1. The van der Waals surface area contributed by atoms with Crippen molar-refractivity contribution in [2.45, 2.75) is 18.9 Å². The number of nitrogens with zero attached hydrogens (tertiary/aromatic N) is 1. The lowest BCUT2D eigenvalue weighted by Gasteiger charge is -2.15. The molecule has 0 spiro atoms. The Bertz CT molecular complexity index is 865. The highest BCUT2D eigenvalue weighted by Crippen LogP contribution is 2.29. The van der Waals surface area contributed by atoms with Gasteiger partial charge in [-0.05, 0) is 49.2 Å². The Balaban J connectivity index is 1.77. The lowest BCUT2D eigenvalue weighted by atomic mass is 10.2. The van der Waals surface area contributed by atoms with Crippen LogP contribution in [0, 0.1) is 0 Å². The summed E-state index contributed by atoms with van der Waals surface area (Å²) >= 11 is 5.90. The largest absolute Gasteiger partial charge is 0.493 e. The molecule has 2 aromatic carbocycles. The van der Waals surface area contributed by atoms with E-state index in [1.165, 1.54) is 0 Å². The normalized spacial score (nSPS) is 16.4.